The predicted molar refractivity (Wildman–Crippen MR) is 98.3 cm³/mol. The van der Waals surface area contributed by atoms with Gasteiger partial charge in [-0.15, -0.1) is 0 Å². The molecule has 0 spiro atoms. The molecule has 1 fully saturated rings. The number of aryl methyl sites for hydroxylation is 1. The van der Waals surface area contributed by atoms with E-state index in [1.54, 1.807) is 42.0 Å². The van der Waals surface area contributed by atoms with Crippen LogP contribution in [0.1, 0.15) is 30.0 Å². The second-order valence-electron chi connectivity index (χ2n) is 6.78. The number of amides is 3. The number of hydrogen-bond acceptors (Lipinski definition) is 3. The normalized spacial score (nSPS) is 18.0. The number of nitrogens with zero attached hydrogens (tertiary/aromatic N) is 3. The summed E-state index contributed by atoms with van der Waals surface area (Å²) >= 11 is 0. The largest absolute Gasteiger partial charge is 0.359 e. The molecule has 1 aliphatic heterocycles. The first-order chi connectivity index (χ1) is 13.0. The van der Waals surface area contributed by atoms with E-state index in [4.69, 9.17) is 0 Å². The zero-order valence-electron chi connectivity index (χ0n) is 15.5. The molecule has 0 bridgehead atoms. The molecule has 0 radical (unpaired) electrons. The van der Waals surface area contributed by atoms with E-state index in [9.17, 15) is 14.0 Å². The Morgan fingerprint density at radius 3 is 2.63 bits per heavy atom. The SMILES string of the molecule is CNC(=O)C1CCCN(C(=O)NC(c2ccc(F)cc2)c2cnn(C)c2)C1. The Labute approximate surface area is 157 Å². The van der Waals surface area contributed by atoms with Gasteiger partial charge in [-0.25, -0.2) is 9.18 Å². The average molecular weight is 373 g/mol. The van der Waals surface area contributed by atoms with Gasteiger partial charge in [0.2, 0.25) is 5.91 Å². The Balaban J connectivity index is 1.78. The molecule has 27 heavy (non-hydrogen) atoms. The molecular formula is C19H24FN5O2. The minimum atomic E-state index is -0.452. The number of piperidine rings is 1. The molecule has 1 saturated heterocycles. The molecular weight excluding hydrogens is 349 g/mol. The molecule has 0 aliphatic carbocycles. The van der Waals surface area contributed by atoms with E-state index < -0.39 is 6.04 Å². The third-order valence-corrected chi connectivity index (χ3v) is 4.86. The lowest BCUT2D eigenvalue weighted by Gasteiger charge is -2.33. The molecule has 2 heterocycles. The number of hydrogen-bond donors (Lipinski definition) is 2. The summed E-state index contributed by atoms with van der Waals surface area (Å²) in [6.07, 6.45) is 5.04. The van der Waals surface area contributed by atoms with Gasteiger partial charge >= 0.3 is 6.03 Å². The van der Waals surface area contributed by atoms with Gasteiger partial charge in [-0.2, -0.15) is 5.10 Å². The van der Waals surface area contributed by atoms with Gasteiger partial charge in [0.05, 0.1) is 18.2 Å². The lowest BCUT2D eigenvalue weighted by Crippen LogP contribution is -2.49. The fraction of sp³-hybridized carbons (Fsp3) is 0.421. The summed E-state index contributed by atoms with van der Waals surface area (Å²) < 4.78 is 15.0. The number of carbonyl (C=O) groups is 2. The van der Waals surface area contributed by atoms with E-state index in [0.717, 1.165) is 24.0 Å². The van der Waals surface area contributed by atoms with Crippen LogP contribution in [-0.2, 0) is 11.8 Å². The van der Waals surface area contributed by atoms with E-state index in [1.807, 2.05) is 6.20 Å². The lowest BCUT2D eigenvalue weighted by molar-refractivity contribution is -0.125. The van der Waals surface area contributed by atoms with Gasteiger partial charge in [0.25, 0.3) is 0 Å². The van der Waals surface area contributed by atoms with E-state index >= 15 is 0 Å². The van der Waals surface area contributed by atoms with E-state index in [0.29, 0.717) is 13.1 Å². The van der Waals surface area contributed by atoms with Crippen molar-refractivity contribution < 1.29 is 14.0 Å². The second-order valence-corrected chi connectivity index (χ2v) is 6.78. The van der Waals surface area contributed by atoms with Gasteiger partial charge in [-0.1, -0.05) is 12.1 Å². The van der Waals surface area contributed by atoms with Crippen LogP contribution < -0.4 is 10.6 Å². The first kappa shape index (κ1) is 18.9. The van der Waals surface area contributed by atoms with Crippen molar-refractivity contribution >= 4 is 11.9 Å². The average Bonchev–Trinajstić information content (AvgIpc) is 3.12. The summed E-state index contributed by atoms with van der Waals surface area (Å²) in [6, 6.07) is 5.34. The van der Waals surface area contributed by atoms with Gasteiger partial charge in [0.15, 0.2) is 0 Å². The fourth-order valence-corrected chi connectivity index (χ4v) is 3.40. The molecule has 2 unspecified atom stereocenters. The lowest BCUT2D eigenvalue weighted by atomic mass is 9.97. The molecule has 2 aromatic rings. The Bertz CT molecular complexity index is 805. The van der Waals surface area contributed by atoms with Crippen LogP contribution in [0.2, 0.25) is 0 Å². The van der Waals surface area contributed by atoms with Crippen LogP contribution in [0.15, 0.2) is 36.7 Å². The molecule has 3 rings (SSSR count). The highest BCUT2D eigenvalue weighted by atomic mass is 19.1. The number of benzene rings is 1. The third kappa shape index (κ3) is 4.45. The van der Waals surface area contributed by atoms with Gasteiger partial charge in [-0.05, 0) is 30.5 Å². The van der Waals surface area contributed by atoms with E-state index in [1.165, 1.54) is 12.1 Å². The molecule has 8 heteroatoms. The molecule has 144 valence electrons. The van der Waals surface area contributed by atoms with Crippen LogP contribution in [0.3, 0.4) is 0 Å². The number of aromatic nitrogens is 2. The van der Waals surface area contributed by atoms with Crippen LogP contribution >= 0.6 is 0 Å². The highest BCUT2D eigenvalue weighted by molar-refractivity contribution is 5.80. The Morgan fingerprint density at radius 2 is 2.00 bits per heavy atom. The summed E-state index contributed by atoms with van der Waals surface area (Å²) in [5, 5.41) is 9.83. The maximum Gasteiger partial charge on any atom is 0.318 e. The molecule has 0 saturated carbocycles. The smallest absolute Gasteiger partial charge is 0.318 e. The molecule has 3 amide bonds. The zero-order chi connectivity index (χ0) is 19.4. The van der Waals surface area contributed by atoms with E-state index in [2.05, 4.69) is 15.7 Å². The number of urea groups is 1. The van der Waals surface area contributed by atoms with E-state index in [-0.39, 0.29) is 23.7 Å². The molecule has 1 aromatic carbocycles. The summed E-state index contributed by atoms with van der Waals surface area (Å²) in [4.78, 5) is 26.4. The van der Waals surface area contributed by atoms with Crippen LogP contribution in [0.4, 0.5) is 9.18 Å². The first-order valence-corrected chi connectivity index (χ1v) is 8.99. The van der Waals surface area contributed by atoms with Gasteiger partial charge < -0.3 is 15.5 Å². The highest BCUT2D eigenvalue weighted by Crippen LogP contribution is 2.23. The molecule has 7 nitrogen and oxygen atoms in total. The summed E-state index contributed by atoms with van der Waals surface area (Å²) in [6.45, 7) is 0.983. The number of halogens is 1. The van der Waals surface area contributed by atoms with Gasteiger partial charge in [0.1, 0.15) is 5.82 Å². The Morgan fingerprint density at radius 1 is 1.26 bits per heavy atom. The van der Waals surface area contributed by atoms with Crippen LogP contribution in [0, 0.1) is 11.7 Å². The summed E-state index contributed by atoms with van der Waals surface area (Å²) in [7, 11) is 3.40. The van der Waals surface area contributed by atoms with Crippen molar-refractivity contribution in [1.29, 1.82) is 0 Å². The van der Waals surface area contributed by atoms with Gasteiger partial charge in [-0.3, -0.25) is 9.48 Å². The molecule has 1 aliphatic rings. The standard InChI is InChI=1S/C19H24FN5O2/c1-21-18(26)14-4-3-9-25(12-14)19(27)23-17(15-10-22-24(2)11-15)13-5-7-16(20)8-6-13/h5-8,10-11,14,17H,3-4,9,12H2,1-2H3,(H,21,26)(H,23,27). The van der Waals surface area contributed by atoms with Crippen molar-refractivity contribution in [2.24, 2.45) is 13.0 Å². The fourth-order valence-electron chi connectivity index (χ4n) is 3.40. The molecule has 2 N–H and O–H groups in total. The number of carbonyl (C=O) groups excluding carboxylic acids is 2. The number of nitrogens with one attached hydrogen (secondary N) is 2. The monoisotopic (exact) mass is 373 g/mol. The van der Waals surface area contributed by atoms with Crippen LogP contribution in [0.25, 0.3) is 0 Å². The second kappa shape index (κ2) is 8.20. The zero-order valence-corrected chi connectivity index (χ0v) is 15.5. The Hall–Kier alpha value is -2.90. The number of rotatable bonds is 4. The van der Waals surface area contributed by atoms with Crippen LogP contribution in [0.5, 0.6) is 0 Å². The molecule has 1 aromatic heterocycles. The van der Waals surface area contributed by atoms with Crippen molar-refractivity contribution in [3.05, 3.63) is 53.6 Å². The third-order valence-electron chi connectivity index (χ3n) is 4.86. The van der Waals surface area contributed by atoms with Gasteiger partial charge in [0, 0.05) is 38.9 Å². The summed E-state index contributed by atoms with van der Waals surface area (Å²) in [5.41, 5.74) is 1.56. The van der Waals surface area contributed by atoms with Crippen molar-refractivity contribution in [2.45, 2.75) is 18.9 Å². The summed E-state index contributed by atoms with van der Waals surface area (Å²) in [5.74, 6) is -0.577. The highest BCUT2D eigenvalue weighted by Gasteiger charge is 2.29. The minimum absolute atomic E-state index is 0.0464. The van der Waals surface area contributed by atoms with Crippen molar-refractivity contribution in [1.82, 2.24) is 25.3 Å². The van der Waals surface area contributed by atoms with Crippen molar-refractivity contribution in [3.63, 3.8) is 0 Å². The van der Waals surface area contributed by atoms with Crippen LogP contribution in [-0.4, -0.2) is 46.8 Å². The quantitative estimate of drug-likeness (QED) is 0.858. The maximum absolute atomic E-state index is 13.3. The molecule has 2 atom stereocenters. The minimum Gasteiger partial charge on any atom is -0.359 e. The maximum atomic E-state index is 13.3. The first-order valence-electron chi connectivity index (χ1n) is 8.99. The number of likely N-dealkylation sites (tertiary alicyclic amines) is 1. The predicted octanol–water partition coefficient (Wildman–Crippen LogP) is 1.82. The Kier molecular flexibility index (Phi) is 5.73. The van der Waals surface area contributed by atoms with Crippen molar-refractivity contribution in [3.8, 4) is 0 Å². The topological polar surface area (TPSA) is 79.3 Å². The van der Waals surface area contributed by atoms with Crippen molar-refractivity contribution in [2.75, 3.05) is 20.1 Å².